The molecule has 3 heterocycles. The van der Waals surface area contributed by atoms with Crippen molar-refractivity contribution in [3.05, 3.63) is 12.7 Å². The Balaban J connectivity index is 1.80. The number of ether oxygens (including phenoxy) is 6. The fraction of sp³-hybridized carbons (Fsp3) is 0.778. The molecule has 170 valence electrons. The predicted molar refractivity (Wildman–Crippen MR) is 106 cm³/mol. The molecule has 0 aromatic carbocycles. The molecule has 0 aliphatic carbocycles. The average Bonchev–Trinajstić information content (AvgIpc) is 3.00. The van der Waals surface area contributed by atoms with Crippen molar-refractivity contribution in [2.75, 3.05) is 19.8 Å². The molecule has 12 heteroatoms. The number of hydrogen-bond acceptors (Lipinski definition) is 8. The van der Waals surface area contributed by atoms with E-state index in [0.717, 1.165) is 11.3 Å². The van der Waals surface area contributed by atoms with Gasteiger partial charge in [0.25, 0.3) is 0 Å². The number of nitrogens with zero attached hydrogens (tertiary/aromatic N) is 1. The highest BCUT2D eigenvalue weighted by atomic mass is 35.6. The Morgan fingerprint density at radius 2 is 2.10 bits per heavy atom. The SMILES string of the molecule is C=CCCCOC1O[C@@H]2COC(C)(C)O[C@H]2[C@@H]2OC(=O)N(C(=O)OCC(Cl)(Cl)Cl)[C@H]12. The van der Waals surface area contributed by atoms with Gasteiger partial charge in [-0.15, -0.1) is 6.58 Å². The van der Waals surface area contributed by atoms with Crippen LogP contribution in [0, 0.1) is 0 Å². The summed E-state index contributed by atoms with van der Waals surface area (Å²) in [5.41, 5.74) is 0. The molecule has 3 rings (SSSR count). The van der Waals surface area contributed by atoms with Crippen molar-refractivity contribution >= 4 is 47.0 Å². The first-order valence-corrected chi connectivity index (χ1v) is 10.6. The predicted octanol–water partition coefficient (Wildman–Crippen LogP) is 3.54. The zero-order valence-corrected chi connectivity index (χ0v) is 18.8. The number of halogens is 3. The summed E-state index contributed by atoms with van der Waals surface area (Å²) in [5.74, 6) is -0.914. The number of imide groups is 1. The third-order valence-corrected chi connectivity index (χ3v) is 5.08. The molecule has 0 N–H and O–H groups in total. The summed E-state index contributed by atoms with van der Waals surface area (Å²) < 4.78 is 32.0. The Bertz CT molecular complexity index is 670. The molecule has 0 aromatic heterocycles. The molecule has 0 spiro atoms. The number of alkyl halides is 3. The normalized spacial score (nSPS) is 32.8. The molecular weight excluding hydrogens is 465 g/mol. The number of fused-ring (bicyclic) bond motifs is 3. The van der Waals surface area contributed by atoms with Crippen LogP contribution in [0.4, 0.5) is 9.59 Å². The van der Waals surface area contributed by atoms with Crippen molar-refractivity contribution in [3.63, 3.8) is 0 Å². The van der Waals surface area contributed by atoms with Gasteiger partial charge in [0.1, 0.15) is 24.9 Å². The summed E-state index contributed by atoms with van der Waals surface area (Å²) in [6.45, 7) is 7.11. The minimum atomic E-state index is -1.83. The van der Waals surface area contributed by atoms with Crippen LogP contribution in [0.3, 0.4) is 0 Å². The van der Waals surface area contributed by atoms with Gasteiger partial charge >= 0.3 is 12.2 Å². The van der Waals surface area contributed by atoms with Crippen LogP contribution in [0.2, 0.25) is 0 Å². The van der Waals surface area contributed by atoms with Crippen LogP contribution in [-0.4, -0.2) is 77.1 Å². The molecule has 0 aromatic rings. The Morgan fingerprint density at radius 1 is 1.37 bits per heavy atom. The third-order valence-electron chi connectivity index (χ3n) is 4.75. The van der Waals surface area contributed by atoms with Crippen LogP contribution in [0.5, 0.6) is 0 Å². The van der Waals surface area contributed by atoms with Crippen molar-refractivity contribution in [1.29, 1.82) is 0 Å². The van der Waals surface area contributed by atoms with Crippen molar-refractivity contribution in [2.24, 2.45) is 0 Å². The highest BCUT2D eigenvalue weighted by Gasteiger charge is 2.61. The topological polar surface area (TPSA) is 92.8 Å². The van der Waals surface area contributed by atoms with E-state index >= 15 is 0 Å². The van der Waals surface area contributed by atoms with E-state index in [1.54, 1.807) is 19.9 Å². The average molecular weight is 489 g/mol. The largest absolute Gasteiger partial charge is 0.444 e. The van der Waals surface area contributed by atoms with Gasteiger partial charge in [-0.25, -0.2) is 14.5 Å². The Morgan fingerprint density at radius 3 is 2.77 bits per heavy atom. The molecule has 3 aliphatic heterocycles. The molecular formula is C18H24Cl3NO8. The number of allylic oxidation sites excluding steroid dienone is 1. The van der Waals surface area contributed by atoms with Gasteiger partial charge in [0.15, 0.2) is 18.2 Å². The third kappa shape index (κ3) is 5.51. The molecule has 30 heavy (non-hydrogen) atoms. The van der Waals surface area contributed by atoms with Gasteiger partial charge in [-0.2, -0.15) is 0 Å². The van der Waals surface area contributed by atoms with Gasteiger partial charge in [-0.05, 0) is 26.7 Å². The lowest BCUT2D eigenvalue weighted by molar-refractivity contribution is -0.365. The van der Waals surface area contributed by atoms with Crippen LogP contribution in [0.1, 0.15) is 26.7 Å². The lowest BCUT2D eigenvalue weighted by atomic mass is 9.95. The smallest absolute Gasteiger partial charge is 0.420 e. The highest BCUT2D eigenvalue weighted by molar-refractivity contribution is 6.67. The minimum absolute atomic E-state index is 0.211. The van der Waals surface area contributed by atoms with E-state index in [0.29, 0.717) is 13.0 Å². The van der Waals surface area contributed by atoms with Crippen molar-refractivity contribution in [3.8, 4) is 0 Å². The number of amides is 2. The Hall–Kier alpha value is -0.810. The highest BCUT2D eigenvalue weighted by Crippen LogP contribution is 2.40. The van der Waals surface area contributed by atoms with Gasteiger partial charge in [-0.1, -0.05) is 40.9 Å². The molecule has 0 radical (unpaired) electrons. The molecule has 3 aliphatic rings. The van der Waals surface area contributed by atoms with E-state index in [4.69, 9.17) is 63.2 Å². The van der Waals surface area contributed by atoms with Crippen LogP contribution < -0.4 is 0 Å². The van der Waals surface area contributed by atoms with Crippen LogP contribution >= 0.6 is 34.8 Å². The standard InChI is InChI=1S/C18H24Cl3NO8/c1-4-5-6-7-25-14-11-13(12-10(28-14)8-27-17(2,3)30-12)29-16(24)22(11)15(23)26-9-18(19,20)21/h4,10-14H,1,5-9H2,2-3H3/t10-,11+,12-,13-,14?/m1/s1. The molecule has 1 unspecified atom stereocenters. The molecule has 9 nitrogen and oxygen atoms in total. The van der Waals surface area contributed by atoms with Gasteiger partial charge in [-0.3, -0.25) is 0 Å². The van der Waals surface area contributed by atoms with E-state index in [2.05, 4.69) is 6.58 Å². The molecule has 3 saturated heterocycles. The molecule has 3 fully saturated rings. The van der Waals surface area contributed by atoms with E-state index in [1.807, 2.05) is 0 Å². The zero-order chi connectivity index (χ0) is 22.1. The number of rotatable bonds is 6. The number of unbranched alkanes of at least 4 members (excludes halogenated alkanes) is 1. The monoisotopic (exact) mass is 487 g/mol. The van der Waals surface area contributed by atoms with Crippen molar-refractivity contribution in [1.82, 2.24) is 4.90 Å². The summed E-state index contributed by atoms with van der Waals surface area (Å²) in [5, 5.41) is 0. The van der Waals surface area contributed by atoms with Crippen molar-refractivity contribution < 1.29 is 38.0 Å². The first kappa shape index (κ1) is 23.8. The quantitative estimate of drug-likeness (QED) is 0.318. The number of hydrogen-bond donors (Lipinski definition) is 0. The van der Waals surface area contributed by atoms with E-state index < -0.39 is 59.0 Å². The Kier molecular flexibility index (Phi) is 7.44. The zero-order valence-electron chi connectivity index (χ0n) is 16.6. The van der Waals surface area contributed by atoms with Crippen LogP contribution in [0.15, 0.2) is 12.7 Å². The maximum atomic E-state index is 12.6. The number of carbonyl (C=O) groups is 2. The van der Waals surface area contributed by atoms with E-state index in [-0.39, 0.29) is 6.61 Å². The fourth-order valence-electron chi connectivity index (χ4n) is 3.49. The van der Waals surface area contributed by atoms with Gasteiger partial charge in [0, 0.05) is 0 Å². The lowest BCUT2D eigenvalue weighted by Gasteiger charge is -2.48. The lowest BCUT2D eigenvalue weighted by Crippen LogP contribution is -2.66. The first-order valence-electron chi connectivity index (χ1n) is 9.45. The van der Waals surface area contributed by atoms with Gasteiger partial charge < -0.3 is 28.4 Å². The van der Waals surface area contributed by atoms with E-state index in [1.165, 1.54) is 0 Å². The maximum absolute atomic E-state index is 12.6. The molecule has 0 saturated carbocycles. The molecule has 5 atom stereocenters. The Labute approximate surface area is 189 Å². The number of carbonyl (C=O) groups excluding carboxylic acids is 2. The summed E-state index contributed by atoms with van der Waals surface area (Å²) in [6, 6.07) is -0.945. The summed E-state index contributed by atoms with van der Waals surface area (Å²) in [4.78, 5) is 25.9. The summed E-state index contributed by atoms with van der Waals surface area (Å²) >= 11 is 16.9. The minimum Gasteiger partial charge on any atom is -0.444 e. The van der Waals surface area contributed by atoms with Gasteiger partial charge in [0.05, 0.1) is 13.2 Å². The summed E-state index contributed by atoms with van der Waals surface area (Å²) in [7, 11) is 0. The second-order valence-electron chi connectivity index (χ2n) is 7.52. The van der Waals surface area contributed by atoms with Crippen LogP contribution in [-0.2, 0) is 28.4 Å². The second kappa shape index (κ2) is 9.36. The maximum Gasteiger partial charge on any atom is 0.420 e. The molecule has 0 bridgehead atoms. The van der Waals surface area contributed by atoms with Crippen molar-refractivity contribution in [2.45, 2.75) is 66.9 Å². The summed E-state index contributed by atoms with van der Waals surface area (Å²) in [6.07, 6.45) is -1.81. The fourth-order valence-corrected chi connectivity index (χ4v) is 3.65. The van der Waals surface area contributed by atoms with Crippen LogP contribution in [0.25, 0.3) is 0 Å². The first-order chi connectivity index (χ1) is 14.0. The van der Waals surface area contributed by atoms with Gasteiger partial charge in [0.2, 0.25) is 3.79 Å². The second-order valence-corrected chi connectivity index (χ2v) is 10.0. The molecule has 2 amide bonds. The van der Waals surface area contributed by atoms with E-state index in [9.17, 15) is 9.59 Å².